The SMILES string of the molecule is CC(C)C(C=O)NC(=O)c1ccc2ccccc2n1. The van der Waals surface area contributed by atoms with Gasteiger partial charge in [-0.1, -0.05) is 38.1 Å². The molecule has 4 heteroatoms. The van der Waals surface area contributed by atoms with E-state index in [-0.39, 0.29) is 11.8 Å². The first-order valence-electron chi connectivity index (χ1n) is 6.24. The minimum atomic E-state index is -0.485. The smallest absolute Gasteiger partial charge is 0.270 e. The van der Waals surface area contributed by atoms with Crippen LogP contribution in [-0.4, -0.2) is 23.2 Å². The van der Waals surface area contributed by atoms with Gasteiger partial charge in [0.05, 0.1) is 11.6 Å². The Bertz CT molecular complexity index is 608. The van der Waals surface area contributed by atoms with Crippen molar-refractivity contribution in [2.24, 2.45) is 5.92 Å². The summed E-state index contributed by atoms with van der Waals surface area (Å²) in [7, 11) is 0. The van der Waals surface area contributed by atoms with Gasteiger partial charge in [0.25, 0.3) is 5.91 Å². The monoisotopic (exact) mass is 256 g/mol. The first-order valence-corrected chi connectivity index (χ1v) is 6.24. The van der Waals surface area contributed by atoms with Gasteiger partial charge in [-0.05, 0) is 18.1 Å². The van der Waals surface area contributed by atoms with Gasteiger partial charge in [-0.15, -0.1) is 0 Å². The van der Waals surface area contributed by atoms with Crippen LogP contribution in [0.2, 0.25) is 0 Å². The molecule has 0 saturated carbocycles. The Morgan fingerprint density at radius 1 is 1.21 bits per heavy atom. The third-order valence-electron chi connectivity index (χ3n) is 2.99. The Morgan fingerprint density at radius 2 is 1.95 bits per heavy atom. The summed E-state index contributed by atoms with van der Waals surface area (Å²) in [5.74, 6) is -0.265. The lowest BCUT2D eigenvalue weighted by Gasteiger charge is -2.15. The molecule has 2 aromatic rings. The molecule has 0 aliphatic carbocycles. The lowest BCUT2D eigenvalue weighted by molar-refractivity contribution is -0.110. The Labute approximate surface area is 111 Å². The summed E-state index contributed by atoms with van der Waals surface area (Å²) in [6.07, 6.45) is 0.754. The summed E-state index contributed by atoms with van der Waals surface area (Å²) >= 11 is 0. The second-order valence-corrected chi connectivity index (χ2v) is 4.77. The van der Waals surface area contributed by atoms with Crippen molar-refractivity contribution in [3.8, 4) is 0 Å². The quantitative estimate of drug-likeness (QED) is 0.853. The van der Waals surface area contributed by atoms with Gasteiger partial charge in [0, 0.05) is 5.39 Å². The predicted octanol–water partition coefficient (Wildman–Crippen LogP) is 2.19. The molecule has 0 saturated heterocycles. The Kier molecular flexibility index (Phi) is 3.90. The second kappa shape index (κ2) is 5.61. The zero-order chi connectivity index (χ0) is 13.8. The number of hydrogen-bond donors (Lipinski definition) is 1. The van der Waals surface area contributed by atoms with Crippen LogP contribution in [0.5, 0.6) is 0 Å². The van der Waals surface area contributed by atoms with Crippen LogP contribution < -0.4 is 5.32 Å². The molecule has 1 amide bonds. The average molecular weight is 256 g/mol. The fourth-order valence-electron chi connectivity index (χ4n) is 1.78. The molecule has 1 atom stereocenters. The number of nitrogens with one attached hydrogen (secondary N) is 1. The molecule has 4 nitrogen and oxygen atoms in total. The molecular formula is C15H16N2O2. The molecule has 1 unspecified atom stereocenters. The number of nitrogens with zero attached hydrogens (tertiary/aromatic N) is 1. The van der Waals surface area contributed by atoms with Crippen LogP contribution in [0.25, 0.3) is 10.9 Å². The van der Waals surface area contributed by atoms with E-state index in [2.05, 4.69) is 10.3 Å². The molecule has 1 aromatic heterocycles. The largest absolute Gasteiger partial charge is 0.341 e. The van der Waals surface area contributed by atoms with Crippen molar-refractivity contribution < 1.29 is 9.59 Å². The van der Waals surface area contributed by atoms with E-state index < -0.39 is 6.04 Å². The van der Waals surface area contributed by atoms with Gasteiger partial charge in [-0.3, -0.25) is 4.79 Å². The highest BCUT2D eigenvalue weighted by Gasteiger charge is 2.17. The Balaban J connectivity index is 2.24. The van der Waals surface area contributed by atoms with E-state index in [4.69, 9.17) is 0 Å². The summed E-state index contributed by atoms with van der Waals surface area (Å²) < 4.78 is 0. The molecule has 0 radical (unpaired) electrons. The normalized spacial score (nSPS) is 12.4. The van der Waals surface area contributed by atoms with E-state index in [1.807, 2.05) is 44.2 Å². The van der Waals surface area contributed by atoms with Gasteiger partial charge in [0.15, 0.2) is 0 Å². The number of carbonyl (C=O) groups excluding carboxylic acids is 2. The summed E-state index contributed by atoms with van der Waals surface area (Å²) in [4.78, 5) is 27.2. The number of aromatic nitrogens is 1. The molecule has 0 aliphatic rings. The van der Waals surface area contributed by atoms with Crippen LogP contribution in [-0.2, 0) is 4.79 Å². The van der Waals surface area contributed by atoms with Gasteiger partial charge in [-0.2, -0.15) is 0 Å². The van der Waals surface area contributed by atoms with Crippen LogP contribution in [0.15, 0.2) is 36.4 Å². The predicted molar refractivity (Wildman–Crippen MR) is 73.9 cm³/mol. The van der Waals surface area contributed by atoms with E-state index in [0.717, 1.165) is 17.2 Å². The highest BCUT2D eigenvalue weighted by Crippen LogP contribution is 2.12. The highest BCUT2D eigenvalue weighted by molar-refractivity contribution is 5.96. The van der Waals surface area contributed by atoms with E-state index in [1.165, 1.54) is 0 Å². The van der Waals surface area contributed by atoms with Crippen LogP contribution in [0, 0.1) is 5.92 Å². The number of amides is 1. The van der Waals surface area contributed by atoms with E-state index in [9.17, 15) is 9.59 Å². The first kappa shape index (κ1) is 13.2. The van der Waals surface area contributed by atoms with E-state index >= 15 is 0 Å². The minimum absolute atomic E-state index is 0.0573. The van der Waals surface area contributed by atoms with Crippen LogP contribution in [0.1, 0.15) is 24.3 Å². The molecule has 19 heavy (non-hydrogen) atoms. The number of benzene rings is 1. The van der Waals surface area contributed by atoms with Gasteiger partial charge < -0.3 is 10.1 Å². The molecular weight excluding hydrogens is 240 g/mol. The zero-order valence-electron chi connectivity index (χ0n) is 11.0. The molecule has 0 bridgehead atoms. The molecule has 1 N–H and O–H groups in total. The van der Waals surface area contributed by atoms with Crippen LogP contribution in [0.3, 0.4) is 0 Å². The standard InChI is InChI=1S/C15H16N2O2/c1-10(2)14(9-18)17-15(19)13-8-7-11-5-3-4-6-12(11)16-13/h3-10,14H,1-2H3,(H,17,19). The third-order valence-corrected chi connectivity index (χ3v) is 2.99. The van der Waals surface area contributed by atoms with Crippen molar-refractivity contribution in [1.29, 1.82) is 0 Å². The number of fused-ring (bicyclic) bond motifs is 1. The fourth-order valence-corrected chi connectivity index (χ4v) is 1.78. The summed E-state index contributed by atoms with van der Waals surface area (Å²) in [5.41, 5.74) is 1.09. The third kappa shape index (κ3) is 2.96. The van der Waals surface area contributed by atoms with Gasteiger partial charge in [0.1, 0.15) is 12.0 Å². The number of carbonyl (C=O) groups is 2. The number of aldehydes is 1. The number of rotatable bonds is 4. The molecule has 1 heterocycles. The topological polar surface area (TPSA) is 59.1 Å². The molecule has 1 aromatic carbocycles. The second-order valence-electron chi connectivity index (χ2n) is 4.77. The number of pyridine rings is 1. The lowest BCUT2D eigenvalue weighted by Crippen LogP contribution is -2.40. The fraction of sp³-hybridized carbons (Fsp3) is 0.267. The minimum Gasteiger partial charge on any atom is -0.341 e. The highest BCUT2D eigenvalue weighted by atomic mass is 16.2. The van der Waals surface area contributed by atoms with Gasteiger partial charge in [0.2, 0.25) is 0 Å². The molecule has 0 spiro atoms. The van der Waals surface area contributed by atoms with Crippen molar-refractivity contribution in [2.45, 2.75) is 19.9 Å². The van der Waals surface area contributed by atoms with E-state index in [1.54, 1.807) is 6.07 Å². The van der Waals surface area contributed by atoms with Crippen molar-refractivity contribution in [2.75, 3.05) is 0 Å². The van der Waals surface area contributed by atoms with Crippen molar-refractivity contribution in [3.05, 3.63) is 42.1 Å². The summed E-state index contributed by atoms with van der Waals surface area (Å²) in [6.45, 7) is 3.76. The summed E-state index contributed by atoms with van der Waals surface area (Å²) in [5, 5.41) is 3.66. The maximum Gasteiger partial charge on any atom is 0.270 e. The van der Waals surface area contributed by atoms with Crippen molar-refractivity contribution in [1.82, 2.24) is 10.3 Å². The zero-order valence-corrected chi connectivity index (χ0v) is 11.0. The molecule has 2 rings (SSSR count). The van der Waals surface area contributed by atoms with E-state index in [0.29, 0.717) is 5.69 Å². The Morgan fingerprint density at radius 3 is 2.63 bits per heavy atom. The van der Waals surface area contributed by atoms with Crippen LogP contribution in [0.4, 0.5) is 0 Å². The van der Waals surface area contributed by atoms with Crippen molar-refractivity contribution >= 4 is 23.1 Å². The van der Waals surface area contributed by atoms with Crippen LogP contribution >= 0.6 is 0 Å². The average Bonchev–Trinajstić information content (AvgIpc) is 2.43. The first-order chi connectivity index (χ1) is 9.11. The van der Waals surface area contributed by atoms with Gasteiger partial charge in [-0.25, -0.2) is 4.98 Å². The van der Waals surface area contributed by atoms with Gasteiger partial charge >= 0.3 is 0 Å². The molecule has 0 aliphatic heterocycles. The number of hydrogen-bond acceptors (Lipinski definition) is 3. The Hall–Kier alpha value is -2.23. The molecule has 98 valence electrons. The maximum atomic E-state index is 12.0. The summed E-state index contributed by atoms with van der Waals surface area (Å²) in [6, 6.07) is 10.6. The molecule has 0 fully saturated rings. The lowest BCUT2D eigenvalue weighted by atomic mass is 10.1. The van der Waals surface area contributed by atoms with Crippen molar-refractivity contribution in [3.63, 3.8) is 0 Å². The number of para-hydroxylation sites is 1. The maximum absolute atomic E-state index is 12.0.